The highest BCUT2D eigenvalue weighted by atomic mass is 16.5. The molecule has 3 nitrogen and oxygen atoms in total. The molecule has 1 aromatic rings. The Balaban J connectivity index is 2.60. The highest BCUT2D eigenvalue weighted by Crippen LogP contribution is 2.09. The summed E-state index contributed by atoms with van der Waals surface area (Å²) in [7, 11) is 1.67. The second-order valence-electron chi connectivity index (χ2n) is 2.39. The van der Waals surface area contributed by atoms with Crippen molar-refractivity contribution in [1.82, 2.24) is 0 Å². The second kappa shape index (κ2) is 4.98. The van der Waals surface area contributed by atoms with E-state index in [1.165, 1.54) is 0 Å². The highest BCUT2D eigenvalue weighted by Gasteiger charge is 1.91. The van der Waals surface area contributed by atoms with Crippen LogP contribution in [0.2, 0.25) is 0 Å². The van der Waals surface area contributed by atoms with E-state index in [9.17, 15) is 0 Å². The Bertz CT molecular complexity index is 304. The number of rotatable bonds is 3. The van der Waals surface area contributed by atoms with Crippen molar-refractivity contribution in [3.63, 3.8) is 0 Å². The quantitative estimate of drug-likeness (QED) is 0.561. The molecule has 0 aliphatic rings. The number of hydrogen-bond donors (Lipinski definition) is 1. The fourth-order valence-electron chi connectivity index (χ4n) is 0.807. The SMILES string of the molecule is CN=CC=C(N)Oc1ccccc1. The van der Waals surface area contributed by atoms with Gasteiger partial charge in [-0.2, -0.15) is 0 Å². The third-order valence-electron chi connectivity index (χ3n) is 1.37. The molecular weight excluding hydrogens is 164 g/mol. The largest absolute Gasteiger partial charge is 0.442 e. The lowest BCUT2D eigenvalue weighted by Crippen LogP contribution is -2.05. The van der Waals surface area contributed by atoms with Gasteiger partial charge in [0, 0.05) is 19.3 Å². The standard InChI is InChI=1S/C10H12N2O/c1-12-8-7-10(11)13-9-5-3-2-4-6-9/h2-8H,11H2,1H3. The molecule has 2 N–H and O–H groups in total. The van der Waals surface area contributed by atoms with Crippen molar-refractivity contribution in [3.8, 4) is 5.75 Å². The first-order valence-corrected chi connectivity index (χ1v) is 3.94. The molecule has 1 aromatic carbocycles. The second-order valence-corrected chi connectivity index (χ2v) is 2.39. The fourth-order valence-corrected chi connectivity index (χ4v) is 0.807. The van der Waals surface area contributed by atoms with Crippen molar-refractivity contribution in [2.24, 2.45) is 10.7 Å². The van der Waals surface area contributed by atoms with Gasteiger partial charge in [-0.15, -0.1) is 0 Å². The summed E-state index contributed by atoms with van der Waals surface area (Å²) in [6, 6.07) is 9.36. The smallest absolute Gasteiger partial charge is 0.192 e. The van der Waals surface area contributed by atoms with Gasteiger partial charge in [-0.3, -0.25) is 4.99 Å². The average Bonchev–Trinajstić information content (AvgIpc) is 2.16. The third kappa shape index (κ3) is 3.42. The van der Waals surface area contributed by atoms with E-state index >= 15 is 0 Å². The molecule has 0 saturated carbocycles. The van der Waals surface area contributed by atoms with Crippen LogP contribution in [0.3, 0.4) is 0 Å². The van der Waals surface area contributed by atoms with Gasteiger partial charge < -0.3 is 10.5 Å². The maximum absolute atomic E-state index is 5.54. The van der Waals surface area contributed by atoms with Gasteiger partial charge in [-0.25, -0.2) is 0 Å². The monoisotopic (exact) mass is 176 g/mol. The maximum Gasteiger partial charge on any atom is 0.192 e. The van der Waals surface area contributed by atoms with Crippen LogP contribution in [0.15, 0.2) is 47.3 Å². The molecule has 0 radical (unpaired) electrons. The van der Waals surface area contributed by atoms with E-state index in [0.29, 0.717) is 5.88 Å². The molecule has 0 heterocycles. The lowest BCUT2D eigenvalue weighted by atomic mass is 10.3. The highest BCUT2D eigenvalue weighted by molar-refractivity contribution is 5.71. The first-order valence-electron chi connectivity index (χ1n) is 3.94. The average molecular weight is 176 g/mol. The van der Waals surface area contributed by atoms with Gasteiger partial charge in [0.05, 0.1) is 0 Å². The molecule has 0 bridgehead atoms. The van der Waals surface area contributed by atoms with Crippen LogP contribution in [0.5, 0.6) is 5.75 Å². The summed E-state index contributed by atoms with van der Waals surface area (Å²) < 4.78 is 5.26. The number of para-hydroxylation sites is 1. The molecule has 0 fully saturated rings. The molecular formula is C10H12N2O. The number of benzene rings is 1. The Morgan fingerprint density at radius 2 is 2.08 bits per heavy atom. The molecule has 0 aliphatic heterocycles. The fraction of sp³-hybridized carbons (Fsp3) is 0.100. The van der Waals surface area contributed by atoms with Crippen molar-refractivity contribution in [2.75, 3.05) is 7.05 Å². The number of allylic oxidation sites excluding steroid dienone is 1. The lowest BCUT2D eigenvalue weighted by Gasteiger charge is -2.02. The van der Waals surface area contributed by atoms with Crippen LogP contribution in [0, 0.1) is 0 Å². The van der Waals surface area contributed by atoms with Gasteiger partial charge in [0.1, 0.15) is 5.75 Å². The predicted octanol–water partition coefficient (Wildman–Crippen LogP) is 1.57. The van der Waals surface area contributed by atoms with Crippen LogP contribution in [-0.4, -0.2) is 13.3 Å². The third-order valence-corrected chi connectivity index (χ3v) is 1.37. The summed E-state index contributed by atoms with van der Waals surface area (Å²) in [4.78, 5) is 3.76. The summed E-state index contributed by atoms with van der Waals surface area (Å²) >= 11 is 0. The molecule has 0 aromatic heterocycles. The van der Waals surface area contributed by atoms with Gasteiger partial charge in [0.15, 0.2) is 5.88 Å². The minimum absolute atomic E-state index is 0.330. The van der Waals surface area contributed by atoms with E-state index in [4.69, 9.17) is 10.5 Å². The van der Waals surface area contributed by atoms with Gasteiger partial charge in [0.2, 0.25) is 0 Å². The Kier molecular flexibility index (Phi) is 3.57. The van der Waals surface area contributed by atoms with Gasteiger partial charge in [-0.1, -0.05) is 18.2 Å². The van der Waals surface area contributed by atoms with Crippen LogP contribution >= 0.6 is 0 Å². The molecule has 0 amide bonds. The van der Waals surface area contributed by atoms with E-state index in [1.54, 1.807) is 19.3 Å². The van der Waals surface area contributed by atoms with Gasteiger partial charge in [-0.05, 0) is 12.1 Å². The van der Waals surface area contributed by atoms with Crippen molar-refractivity contribution >= 4 is 6.21 Å². The summed E-state index contributed by atoms with van der Waals surface area (Å²) in [5.41, 5.74) is 5.54. The molecule has 13 heavy (non-hydrogen) atoms. The van der Waals surface area contributed by atoms with E-state index in [2.05, 4.69) is 4.99 Å². The van der Waals surface area contributed by atoms with Crippen molar-refractivity contribution in [1.29, 1.82) is 0 Å². The molecule has 0 spiro atoms. The van der Waals surface area contributed by atoms with E-state index in [-0.39, 0.29) is 0 Å². The zero-order valence-corrected chi connectivity index (χ0v) is 7.47. The van der Waals surface area contributed by atoms with E-state index in [0.717, 1.165) is 5.75 Å². The number of hydrogen-bond acceptors (Lipinski definition) is 3. The van der Waals surface area contributed by atoms with Crippen LogP contribution < -0.4 is 10.5 Å². The Morgan fingerprint density at radius 1 is 1.38 bits per heavy atom. The van der Waals surface area contributed by atoms with Crippen molar-refractivity contribution in [2.45, 2.75) is 0 Å². The van der Waals surface area contributed by atoms with E-state index < -0.39 is 0 Å². The van der Waals surface area contributed by atoms with Gasteiger partial charge in [0.25, 0.3) is 0 Å². The van der Waals surface area contributed by atoms with Crippen LogP contribution in [0.4, 0.5) is 0 Å². The maximum atomic E-state index is 5.54. The number of nitrogens with two attached hydrogens (primary N) is 1. The molecule has 3 heteroatoms. The molecule has 0 aliphatic carbocycles. The first-order chi connectivity index (χ1) is 6.33. The summed E-state index contributed by atoms with van der Waals surface area (Å²) in [6.07, 6.45) is 3.19. The molecule has 0 unspecified atom stereocenters. The first kappa shape index (κ1) is 9.32. The van der Waals surface area contributed by atoms with Crippen molar-refractivity contribution in [3.05, 3.63) is 42.3 Å². The van der Waals surface area contributed by atoms with E-state index in [1.807, 2.05) is 30.3 Å². The normalized spacial score (nSPS) is 11.9. The molecule has 0 atom stereocenters. The summed E-state index contributed by atoms with van der Waals surface area (Å²) in [5, 5.41) is 0. The Labute approximate surface area is 77.6 Å². The van der Waals surface area contributed by atoms with Crippen LogP contribution in [0.25, 0.3) is 0 Å². The number of ether oxygens (including phenoxy) is 1. The summed E-state index contributed by atoms with van der Waals surface area (Å²) in [5.74, 6) is 1.05. The van der Waals surface area contributed by atoms with Crippen molar-refractivity contribution < 1.29 is 4.74 Å². The molecule has 0 saturated heterocycles. The minimum Gasteiger partial charge on any atom is -0.442 e. The minimum atomic E-state index is 0.330. The predicted molar refractivity (Wildman–Crippen MR) is 53.8 cm³/mol. The molecule has 68 valence electrons. The summed E-state index contributed by atoms with van der Waals surface area (Å²) in [6.45, 7) is 0. The van der Waals surface area contributed by atoms with Crippen LogP contribution in [-0.2, 0) is 0 Å². The molecule has 1 rings (SSSR count). The number of nitrogens with zero attached hydrogens (tertiary/aromatic N) is 1. The van der Waals surface area contributed by atoms with Gasteiger partial charge >= 0.3 is 0 Å². The topological polar surface area (TPSA) is 47.6 Å². The Hall–Kier alpha value is -1.77. The Morgan fingerprint density at radius 3 is 2.69 bits per heavy atom. The zero-order valence-electron chi connectivity index (χ0n) is 7.47. The zero-order chi connectivity index (χ0) is 9.52. The number of aliphatic imine (C=N–C) groups is 1. The lowest BCUT2D eigenvalue weighted by molar-refractivity contribution is 0.421. The van der Waals surface area contributed by atoms with Crippen LogP contribution in [0.1, 0.15) is 0 Å².